The van der Waals surface area contributed by atoms with Crippen LogP contribution in [-0.2, 0) is 15.6 Å². The van der Waals surface area contributed by atoms with Gasteiger partial charge in [0.15, 0.2) is 0 Å². The van der Waals surface area contributed by atoms with Gasteiger partial charge in [0.2, 0.25) is 5.91 Å². The lowest BCUT2D eigenvalue weighted by molar-refractivity contribution is -0.122. The zero-order chi connectivity index (χ0) is 15.9. The lowest BCUT2D eigenvalue weighted by Crippen LogP contribution is -2.41. The van der Waals surface area contributed by atoms with Gasteiger partial charge in [0.1, 0.15) is 0 Å². The summed E-state index contributed by atoms with van der Waals surface area (Å²) in [5.41, 5.74) is 4.86. The van der Waals surface area contributed by atoms with Crippen molar-refractivity contribution in [1.29, 1.82) is 0 Å². The molecule has 0 saturated carbocycles. The predicted octanol–water partition coefficient (Wildman–Crippen LogP) is 2.05. The minimum absolute atomic E-state index is 0.0585. The second-order valence-corrected chi connectivity index (χ2v) is 6.93. The van der Waals surface area contributed by atoms with E-state index < -0.39 is 35.7 Å². The van der Waals surface area contributed by atoms with Crippen LogP contribution in [-0.4, -0.2) is 34.9 Å². The average molecular weight is 383 g/mol. The molecule has 0 bridgehead atoms. The Balaban J connectivity index is 2.28. The van der Waals surface area contributed by atoms with E-state index in [9.17, 15) is 17.8 Å². The molecule has 1 amide bonds. The zero-order valence-corrected chi connectivity index (χ0v) is 13.7. The molecule has 0 heterocycles. The summed E-state index contributed by atoms with van der Waals surface area (Å²) in [7, 11) is -1.20. The van der Waals surface area contributed by atoms with Gasteiger partial charge >= 0.3 is 0 Å². The van der Waals surface area contributed by atoms with E-state index in [1.165, 1.54) is 0 Å². The van der Waals surface area contributed by atoms with Crippen LogP contribution in [0.2, 0.25) is 0 Å². The number of benzene rings is 1. The highest BCUT2D eigenvalue weighted by Gasteiger charge is 2.26. The van der Waals surface area contributed by atoms with E-state index in [0.29, 0.717) is 17.1 Å². The van der Waals surface area contributed by atoms with Crippen molar-refractivity contribution in [2.75, 3.05) is 18.8 Å². The number of alkyl halides is 2. The molecule has 0 aromatic heterocycles. The van der Waals surface area contributed by atoms with E-state index in [4.69, 9.17) is 5.73 Å². The summed E-state index contributed by atoms with van der Waals surface area (Å²) >= 11 is 3.28. The van der Waals surface area contributed by atoms with E-state index in [-0.39, 0.29) is 6.42 Å². The van der Waals surface area contributed by atoms with Crippen LogP contribution in [0.1, 0.15) is 12.8 Å². The first-order chi connectivity index (χ1) is 9.84. The van der Waals surface area contributed by atoms with Crippen molar-refractivity contribution < 1.29 is 17.8 Å². The van der Waals surface area contributed by atoms with E-state index in [1.54, 1.807) is 24.3 Å². The largest absolute Gasteiger partial charge is 0.350 e. The topological polar surface area (TPSA) is 72.2 Å². The first-order valence-electron chi connectivity index (χ1n) is 6.32. The minimum atomic E-state index is -3.09. The van der Waals surface area contributed by atoms with Crippen molar-refractivity contribution in [1.82, 2.24) is 5.32 Å². The monoisotopic (exact) mass is 382 g/mol. The maximum Gasteiger partial charge on any atom is 0.277 e. The van der Waals surface area contributed by atoms with E-state index in [1.807, 2.05) is 0 Å². The Bertz CT molecular complexity index is 497. The van der Waals surface area contributed by atoms with E-state index in [2.05, 4.69) is 21.2 Å². The molecule has 0 aliphatic heterocycles. The second-order valence-electron chi connectivity index (χ2n) is 4.44. The molecular weight excluding hydrogens is 366 g/mol. The van der Waals surface area contributed by atoms with Crippen LogP contribution in [0.4, 0.5) is 8.78 Å². The van der Waals surface area contributed by atoms with Crippen molar-refractivity contribution in [3.8, 4) is 0 Å². The van der Waals surface area contributed by atoms with Crippen molar-refractivity contribution in [2.24, 2.45) is 5.73 Å². The van der Waals surface area contributed by atoms with Crippen LogP contribution < -0.4 is 11.1 Å². The molecule has 1 aromatic rings. The van der Waals surface area contributed by atoms with Gasteiger partial charge in [0.25, 0.3) is 5.92 Å². The Labute approximate surface area is 133 Å². The van der Waals surface area contributed by atoms with Gasteiger partial charge in [-0.3, -0.25) is 9.00 Å². The molecule has 21 heavy (non-hydrogen) atoms. The Morgan fingerprint density at radius 3 is 2.52 bits per heavy atom. The fourth-order valence-corrected chi connectivity index (χ4v) is 2.80. The number of amides is 1. The van der Waals surface area contributed by atoms with Crippen LogP contribution in [0.3, 0.4) is 0 Å². The summed E-state index contributed by atoms with van der Waals surface area (Å²) in [6.45, 7) is -1.57. The van der Waals surface area contributed by atoms with Crippen LogP contribution in [0.15, 0.2) is 33.6 Å². The maximum atomic E-state index is 12.8. The number of halogens is 3. The Morgan fingerprint density at radius 1 is 1.33 bits per heavy atom. The van der Waals surface area contributed by atoms with Crippen LogP contribution in [0.5, 0.6) is 0 Å². The smallest absolute Gasteiger partial charge is 0.277 e. The highest BCUT2D eigenvalue weighted by molar-refractivity contribution is 9.10. The van der Waals surface area contributed by atoms with Crippen LogP contribution >= 0.6 is 15.9 Å². The van der Waals surface area contributed by atoms with Gasteiger partial charge in [-0.15, -0.1) is 0 Å². The molecule has 1 atom stereocenters. The molecule has 8 heteroatoms. The normalized spacial score (nSPS) is 13.0. The van der Waals surface area contributed by atoms with E-state index >= 15 is 0 Å². The molecule has 0 aliphatic carbocycles. The summed E-state index contributed by atoms with van der Waals surface area (Å²) in [4.78, 5) is 12.1. The Hall–Kier alpha value is -0.860. The highest BCUT2D eigenvalue weighted by atomic mass is 79.9. The van der Waals surface area contributed by atoms with Gasteiger partial charge in [-0.2, -0.15) is 0 Å². The molecule has 1 unspecified atom stereocenters. The minimum Gasteiger partial charge on any atom is -0.350 e. The third-order valence-corrected chi connectivity index (χ3v) is 4.64. The molecule has 0 aliphatic rings. The van der Waals surface area contributed by atoms with E-state index in [0.717, 1.165) is 4.47 Å². The number of hydrogen-bond donors (Lipinski definition) is 2. The van der Waals surface area contributed by atoms with Crippen molar-refractivity contribution in [2.45, 2.75) is 23.7 Å². The van der Waals surface area contributed by atoms with Crippen molar-refractivity contribution in [3.63, 3.8) is 0 Å². The molecule has 1 rings (SSSR count). The third kappa shape index (κ3) is 7.10. The fourth-order valence-electron chi connectivity index (χ4n) is 1.46. The molecule has 118 valence electrons. The quantitative estimate of drug-likeness (QED) is 0.722. The summed E-state index contributed by atoms with van der Waals surface area (Å²) in [6.07, 6.45) is 0.422. The first-order valence-corrected chi connectivity index (χ1v) is 8.44. The number of nitrogens with two attached hydrogens (primary N) is 1. The van der Waals surface area contributed by atoms with Gasteiger partial charge in [-0.25, -0.2) is 8.78 Å². The number of carbonyl (C=O) groups is 1. The molecule has 0 fully saturated rings. The fraction of sp³-hybridized carbons (Fsp3) is 0.462. The number of nitrogens with one attached hydrogen (secondary N) is 1. The predicted molar refractivity (Wildman–Crippen MR) is 81.7 cm³/mol. The molecule has 1 aromatic carbocycles. The number of carbonyl (C=O) groups excluding carboxylic acids is 1. The van der Waals surface area contributed by atoms with Gasteiger partial charge in [0.05, 0.1) is 23.9 Å². The van der Waals surface area contributed by atoms with Crippen LogP contribution in [0.25, 0.3) is 0 Å². The van der Waals surface area contributed by atoms with Crippen molar-refractivity contribution in [3.05, 3.63) is 28.7 Å². The molecular formula is C13H17BrF2N2O2S. The van der Waals surface area contributed by atoms with Crippen LogP contribution in [0, 0.1) is 0 Å². The van der Waals surface area contributed by atoms with Crippen molar-refractivity contribution >= 4 is 32.6 Å². The molecule has 3 N–H and O–H groups in total. The molecule has 0 saturated heterocycles. The number of rotatable bonds is 8. The van der Waals surface area contributed by atoms with Gasteiger partial charge in [0, 0.05) is 21.5 Å². The van der Waals surface area contributed by atoms with Gasteiger partial charge in [-0.05, 0) is 30.7 Å². The lowest BCUT2D eigenvalue weighted by atomic mass is 10.3. The number of hydrogen-bond acceptors (Lipinski definition) is 3. The SMILES string of the molecule is NCC(F)(F)CNC(=O)CCCS(=O)c1ccc(Br)cc1. The molecule has 4 nitrogen and oxygen atoms in total. The molecule has 0 radical (unpaired) electrons. The second kappa shape index (κ2) is 8.55. The summed E-state index contributed by atoms with van der Waals surface area (Å²) in [5, 5.41) is 2.12. The summed E-state index contributed by atoms with van der Waals surface area (Å²) in [5.74, 6) is -3.27. The lowest BCUT2D eigenvalue weighted by Gasteiger charge is -2.14. The molecule has 0 spiro atoms. The summed E-state index contributed by atoms with van der Waals surface area (Å²) < 4.78 is 38.5. The average Bonchev–Trinajstić information content (AvgIpc) is 2.46. The Morgan fingerprint density at radius 2 is 1.95 bits per heavy atom. The first kappa shape index (κ1) is 18.2. The summed E-state index contributed by atoms with van der Waals surface area (Å²) in [6, 6.07) is 7.05. The zero-order valence-electron chi connectivity index (χ0n) is 11.3. The standard InChI is InChI=1S/C13H17BrF2N2O2S/c14-10-3-5-11(6-4-10)21(20)7-1-2-12(19)18-9-13(15,16)8-17/h3-6H,1-2,7-9,17H2,(H,18,19). The third-order valence-electron chi connectivity index (χ3n) is 2.65. The van der Waals surface area contributed by atoms with Gasteiger partial charge in [-0.1, -0.05) is 15.9 Å². The Kier molecular flexibility index (Phi) is 7.41. The maximum absolute atomic E-state index is 12.8. The van der Waals surface area contributed by atoms with Gasteiger partial charge < -0.3 is 11.1 Å². The highest BCUT2D eigenvalue weighted by Crippen LogP contribution is 2.14.